The molecule has 0 saturated heterocycles. The molecule has 0 amide bonds. The fourth-order valence-corrected chi connectivity index (χ4v) is 0.231. The molecule has 0 aromatic heterocycles. The molecule has 9 heavy (non-hydrogen) atoms. The van der Waals surface area contributed by atoms with E-state index in [-0.39, 0.29) is 12.4 Å². The Hall–Kier alpha value is -0.280. The van der Waals surface area contributed by atoms with Crippen molar-refractivity contribution in [1.82, 2.24) is 10.4 Å². The second kappa shape index (κ2) is 5.85. The summed E-state index contributed by atoms with van der Waals surface area (Å²) in [5.74, 6) is 0. The normalized spacial score (nSPS) is 8.11. The summed E-state index contributed by atoms with van der Waals surface area (Å²) in [7, 11) is 7.83. The maximum absolute atomic E-state index is 2.98. The molecule has 0 radical (unpaired) electrons. The highest BCUT2D eigenvalue weighted by molar-refractivity contribution is 5.46. The Morgan fingerprint density at radius 2 is 1.78 bits per heavy atom. The van der Waals surface area contributed by atoms with Gasteiger partial charge in [0.15, 0.2) is 0 Å². The Bertz CT molecular complexity index is 86.2. The summed E-state index contributed by atoms with van der Waals surface area (Å²) in [5.41, 5.74) is 2.98. The summed E-state index contributed by atoms with van der Waals surface area (Å²) in [6.45, 7) is 0. The van der Waals surface area contributed by atoms with E-state index in [0.717, 1.165) is 0 Å². The quantitative estimate of drug-likeness (QED) is 0.190. The molecule has 0 unspecified atom stereocenters. The third-order valence-electron chi connectivity index (χ3n) is 0.574. The SMILES string of the molecule is CN(C)NC=[N+](C)C.[Cl-]. The summed E-state index contributed by atoms with van der Waals surface area (Å²) in [5, 5.41) is 1.88. The minimum Gasteiger partial charge on any atom is -1.00 e. The fourth-order valence-electron chi connectivity index (χ4n) is 0.231. The van der Waals surface area contributed by atoms with Gasteiger partial charge in [-0.05, 0) is 0 Å². The van der Waals surface area contributed by atoms with E-state index in [2.05, 4.69) is 5.43 Å². The van der Waals surface area contributed by atoms with E-state index in [1.807, 2.05) is 44.1 Å². The Balaban J connectivity index is 0. The summed E-state index contributed by atoms with van der Waals surface area (Å²) >= 11 is 0. The van der Waals surface area contributed by atoms with Gasteiger partial charge < -0.3 is 12.4 Å². The lowest BCUT2D eigenvalue weighted by Crippen LogP contribution is -3.00. The Morgan fingerprint density at radius 1 is 1.33 bits per heavy atom. The highest BCUT2D eigenvalue weighted by Gasteiger charge is 1.84. The number of hydrazine groups is 1. The zero-order valence-electron chi connectivity index (χ0n) is 6.35. The molecule has 0 spiro atoms. The monoisotopic (exact) mass is 151 g/mol. The van der Waals surface area contributed by atoms with E-state index >= 15 is 0 Å². The maximum Gasteiger partial charge on any atom is 0.249 e. The molecule has 1 N–H and O–H groups in total. The van der Waals surface area contributed by atoms with Crippen molar-refractivity contribution in [3.05, 3.63) is 0 Å². The minimum absolute atomic E-state index is 0. The van der Waals surface area contributed by atoms with Gasteiger partial charge >= 0.3 is 0 Å². The average Bonchev–Trinajstić information content (AvgIpc) is 1.61. The van der Waals surface area contributed by atoms with Crippen molar-refractivity contribution in [3.63, 3.8) is 0 Å². The lowest BCUT2D eigenvalue weighted by atomic mass is 11.0. The number of halogens is 1. The van der Waals surface area contributed by atoms with Gasteiger partial charge in [-0.15, -0.1) is 0 Å². The van der Waals surface area contributed by atoms with Crippen LogP contribution >= 0.6 is 0 Å². The topological polar surface area (TPSA) is 18.3 Å². The third-order valence-corrected chi connectivity index (χ3v) is 0.574. The molecule has 0 saturated carbocycles. The van der Waals surface area contributed by atoms with Crippen LogP contribution in [0.5, 0.6) is 0 Å². The Kier molecular flexibility index (Phi) is 7.48. The summed E-state index contributed by atoms with van der Waals surface area (Å²) in [4.78, 5) is 0. The first-order valence-electron chi connectivity index (χ1n) is 2.56. The molecule has 0 rings (SSSR count). The molecule has 0 aromatic rings. The summed E-state index contributed by atoms with van der Waals surface area (Å²) in [6.07, 6.45) is 1.88. The molecular formula is C5H14ClN3. The molecule has 56 valence electrons. The molecule has 0 aliphatic carbocycles. The van der Waals surface area contributed by atoms with Crippen LogP contribution in [0.25, 0.3) is 0 Å². The van der Waals surface area contributed by atoms with E-state index < -0.39 is 0 Å². The molecule has 0 atom stereocenters. The smallest absolute Gasteiger partial charge is 0.249 e. The molecule has 0 aliphatic rings. The van der Waals surface area contributed by atoms with Crippen molar-refractivity contribution in [2.75, 3.05) is 28.2 Å². The van der Waals surface area contributed by atoms with Gasteiger partial charge in [-0.25, -0.2) is 5.43 Å². The van der Waals surface area contributed by atoms with Crippen molar-refractivity contribution >= 4 is 6.34 Å². The molecule has 3 nitrogen and oxygen atoms in total. The molecular weight excluding hydrogens is 138 g/mol. The van der Waals surface area contributed by atoms with Gasteiger partial charge in [-0.2, -0.15) is 5.01 Å². The lowest BCUT2D eigenvalue weighted by Gasteiger charge is -2.00. The van der Waals surface area contributed by atoms with Crippen molar-refractivity contribution in [2.45, 2.75) is 0 Å². The van der Waals surface area contributed by atoms with E-state index in [9.17, 15) is 0 Å². The molecule has 4 heteroatoms. The van der Waals surface area contributed by atoms with Crippen LogP contribution in [0.1, 0.15) is 0 Å². The first kappa shape index (κ1) is 11.5. The van der Waals surface area contributed by atoms with Gasteiger partial charge in [-0.3, -0.25) is 4.58 Å². The Labute approximate surface area is 62.7 Å². The van der Waals surface area contributed by atoms with Crippen molar-refractivity contribution in [2.24, 2.45) is 0 Å². The molecule has 0 aliphatic heterocycles. The third kappa shape index (κ3) is 11.3. The predicted molar refractivity (Wildman–Crippen MR) is 35.0 cm³/mol. The van der Waals surface area contributed by atoms with E-state index in [0.29, 0.717) is 0 Å². The number of nitrogens with zero attached hydrogens (tertiary/aromatic N) is 2. The van der Waals surface area contributed by atoms with Crippen LogP contribution in [0.2, 0.25) is 0 Å². The van der Waals surface area contributed by atoms with Gasteiger partial charge in [0.05, 0.1) is 14.1 Å². The number of rotatable bonds is 2. The highest BCUT2D eigenvalue weighted by atomic mass is 35.5. The van der Waals surface area contributed by atoms with Crippen LogP contribution in [0.15, 0.2) is 0 Å². The van der Waals surface area contributed by atoms with Crippen LogP contribution in [0.4, 0.5) is 0 Å². The van der Waals surface area contributed by atoms with Gasteiger partial charge in [0.1, 0.15) is 0 Å². The molecule has 0 aromatic carbocycles. The average molecular weight is 152 g/mol. The van der Waals surface area contributed by atoms with Crippen LogP contribution in [0.3, 0.4) is 0 Å². The number of hydrogen-bond donors (Lipinski definition) is 1. The predicted octanol–water partition coefficient (Wildman–Crippen LogP) is -3.64. The number of hydrogen-bond acceptors (Lipinski definition) is 1. The Morgan fingerprint density at radius 3 is 1.89 bits per heavy atom. The van der Waals surface area contributed by atoms with Gasteiger partial charge in [0.25, 0.3) is 0 Å². The van der Waals surface area contributed by atoms with Crippen molar-refractivity contribution < 1.29 is 17.0 Å². The van der Waals surface area contributed by atoms with Crippen LogP contribution in [-0.2, 0) is 0 Å². The number of nitrogens with one attached hydrogen (secondary N) is 1. The van der Waals surface area contributed by atoms with Gasteiger partial charge in [-0.1, -0.05) is 0 Å². The van der Waals surface area contributed by atoms with E-state index in [1.165, 1.54) is 0 Å². The van der Waals surface area contributed by atoms with Crippen LogP contribution in [0, 0.1) is 0 Å². The zero-order chi connectivity index (χ0) is 6.57. The van der Waals surface area contributed by atoms with Crippen molar-refractivity contribution in [3.8, 4) is 0 Å². The minimum atomic E-state index is 0. The van der Waals surface area contributed by atoms with E-state index in [1.54, 1.807) is 0 Å². The van der Waals surface area contributed by atoms with Crippen molar-refractivity contribution in [1.29, 1.82) is 0 Å². The zero-order valence-corrected chi connectivity index (χ0v) is 7.11. The molecule has 0 fully saturated rings. The summed E-state index contributed by atoms with van der Waals surface area (Å²) < 4.78 is 1.94. The second-order valence-corrected chi connectivity index (χ2v) is 2.12. The maximum atomic E-state index is 2.98. The second-order valence-electron chi connectivity index (χ2n) is 2.12. The first-order chi connectivity index (χ1) is 3.63. The standard InChI is InChI=1S/C5H13N3.ClH/c1-7(2)5-6-8(3)4;/h5H,1-4H3;1H. The lowest BCUT2D eigenvalue weighted by molar-refractivity contribution is -0.462. The highest BCUT2D eigenvalue weighted by Crippen LogP contribution is 1.55. The van der Waals surface area contributed by atoms with Gasteiger partial charge in [0.2, 0.25) is 6.34 Å². The molecule has 0 bridgehead atoms. The summed E-state index contributed by atoms with van der Waals surface area (Å²) in [6, 6.07) is 0. The van der Waals surface area contributed by atoms with Gasteiger partial charge in [0, 0.05) is 14.1 Å². The van der Waals surface area contributed by atoms with Crippen LogP contribution < -0.4 is 17.8 Å². The van der Waals surface area contributed by atoms with Crippen LogP contribution in [-0.4, -0.2) is 44.1 Å². The molecule has 0 heterocycles. The van der Waals surface area contributed by atoms with E-state index in [4.69, 9.17) is 0 Å². The first-order valence-corrected chi connectivity index (χ1v) is 2.56. The fraction of sp³-hybridized carbons (Fsp3) is 0.800. The largest absolute Gasteiger partial charge is 1.00 e.